The van der Waals surface area contributed by atoms with Gasteiger partial charge in [0.1, 0.15) is 6.07 Å². The SMILES string of the molecule is CCc1ccccc1Nc1cccnc1C#N. The lowest BCUT2D eigenvalue weighted by Crippen LogP contribution is -1.98. The molecule has 3 heteroatoms. The van der Waals surface area contributed by atoms with E-state index in [0.717, 1.165) is 17.8 Å². The standard InChI is InChI=1S/C14H13N3/c1-2-11-6-3-4-7-12(11)17-13-8-5-9-16-14(13)10-15/h3-9,17H,2H2,1H3. The Balaban J connectivity index is 2.35. The van der Waals surface area contributed by atoms with Crippen LogP contribution in [0.4, 0.5) is 11.4 Å². The smallest absolute Gasteiger partial charge is 0.163 e. The van der Waals surface area contributed by atoms with Crippen LogP contribution in [0.5, 0.6) is 0 Å². The maximum absolute atomic E-state index is 8.97. The van der Waals surface area contributed by atoms with Gasteiger partial charge >= 0.3 is 0 Å². The van der Waals surface area contributed by atoms with Crippen molar-refractivity contribution in [3.05, 3.63) is 53.9 Å². The Kier molecular flexibility index (Phi) is 3.37. The first kappa shape index (κ1) is 11.2. The first-order chi connectivity index (χ1) is 8.35. The van der Waals surface area contributed by atoms with Gasteiger partial charge in [-0.2, -0.15) is 5.26 Å². The van der Waals surface area contributed by atoms with Crippen LogP contribution in [0.3, 0.4) is 0 Å². The zero-order valence-corrected chi connectivity index (χ0v) is 9.64. The molecular weight excluding hydrogens is 210 g/mol. The Morgan fingerprint density at radius 1 is 1.18 bits per heavy atom. The first-order valence-electron chi connectivity index (χ1n) is 5.55. The van der Waals surface area contributed by atoms with E-state index in [9.17, 15) is 0 Å². The number of aryl methyl sites for hydroxylation is 1. The van der Waals surface area contributed by atoms with E-state index >= 15 is 0 Å². The van der Waals surface area contributed by atoms with Gasteiger partial charge in [-0.1, -0.05) is 25.1 Å². The number of nitrogens with one attached hydrogen (secondary N) is 1. The fraction of sp³-hybridized carbons (Fsp3) is 0.143. The number of hydrogen-bond donors (Lipinski definition) is 1. The van der Waals surface area contributed by atoms with Crippen LogP contribution in [0.15, 0.2) is 42.6 Å². The molecule has 84 valence electrons. The van der Waals surface area contributed by atoms with Crippen LogP contribution in [0.25, 0.3) is 0 Å². The molecule has 0 aliphatic carbocycles. The number of aromatic nitrogens is 1. The quantitative estimate of drug-likeness (QED) is 0.868. The van der Waals surface area contributed by atoms with Gasteiger partial charge in [0.05, 0.1) is 5.69 Å². The van der Waals surface area contributed by atoms with E-state index in [1.165, 1.54) is 5.56 Å². The fourth-order valence-electron chi connectivity index (χ4n) is 1.69. The summed E-state index contributed by atoms with van der Waals surface area (Å²) in [6.45, 7) is 2.11. The molecule has 0 fully saturated rings. The molecule has 3 nitrogen and oxygen atoms in total. The molecule has 0 unspecified atom stereocenters. The Morgan fingerprint density at radius 3 is 2.71 bits per heavy atom. The van der Waals surface area contributed by atoms with Gasteiger partial charge in [-0.3, -0.25) is 0 Å². The van der Waals surface area contributed by atoms with Crippen molar-refractivity contribution in [2.75, 3.05) is 5.32 Å². The molecule has 0 amide bonds. The van der Waals surface area contributed by atoms with E-state index in [2.05, 4.69) is 29.4 Å². The highest BCUT2D eigenvalue weighted by molar-refractivity contribution is 5.66. The Hall–Kier alpha value is -2.34. The van der Waals surface area contributed by atoms with Crippen LogP contribution in [0, 0.1) is 11.3 Å². The number of benzene rings is 1. The molecule has 0 saturated carbocycles. The van der Waals surface area contributed by atoms with Crippen molar-refractivity contribution < 1.29 is 0 Å². The van der Waals surface area contributed by atoms with Gasteiger partial charge in [-0.25, -0.2) is 4.98 Å². The lowest BCUT2D eigenvalue weighted by atomic mass is 10.1. The molecule has 1 N–H and O–H groups in total. The van der Waals surface area contributed by atoms with Gasteiger partial charge < -0.3 is 5.32 Å². The minimum absolute atomic E-state index is 0.415. The first-order valence-corrected chi connectivity index (χ1v) is 5.55. The number of hydrogen-bond acceptors (Lipinski definition) is 3. The number of para-hydroxylation sites is 1. The van der Waals surface area contributed by atoms with Crippen LogP contribution < -0.4 is 5.32 Å². The highest BCUT2D eigenvalue weighted by atomic mass is 14.9. The maximum atomic E-state index is 8.97. The molecule has 0 aliphatic rings. The molecule has 2 aromatic rings. The third kappa shape index (κ3) is 2.43. The fourth-order valence-corrected chi connectivity index (χ4v) is 1.69. The number of nitriles is 1. The van der Waals surface area contributed by atoms with Gasteiger partial charge in [0.15, 0.2) is 5.69 Å². The van der Waals surface area contributed by atoms with Gasteiger partial charge in [0.2, 0.25) is 0 Å². The summed E-state index contributed by atoms with van der Waals surface area (Å²) in [6.07, 6.45) is 2.57. The van der Waals surface area contributed by atoms with Crippen molar-refractivity contribution in [2.45, 2.75) is 13.3 Å². The predicted molar refractivity (Wildman–Crippen MR) is 68.1 cm³/mol. The molecule has 0 saturated heterocycles. The van der Waals surface area contributed by atoms with Gasteiger partial charge in [-0.15, -0.1) is 0 Å². The van der Waals surface area contributed by atoms with Gasteiger partial charge in [0.25, 0.3) is 0 Å². The van der Waals surface area contributed by atoms with E-state index in [1.807, 2.05) is 30.3 Å². The van der Waals surface area contributed by atoms with Crippen molar-refractivity contribution in [1.29, 1.82) is 5.26 Å². The molecular formula is C14H13N3. The molecule has 17 heavy (non-hydrogen) atoms. The molecule has 0 atom stereocenters. The van der Waals surface area contributed by atoms with Crippen LogP contribution in [-0.2, 0) is 6.42 Å². The Labute approximate surface area is 101 Å². The summed E-state index contributed by atoms with van der Waals surface area (Å²) in [4.78, 5) is 4.03. The topological polar surface area (TPSA) is 48.7 Å². The summed E-state index contributed by atoms with van der Waals surface area (Å²) >= 11 is 0. The highest BCUT2D eigenvalue weighted by Gasteiger charge is 2.04. The number of pyridine rings is 1. The van der Waals surface area contributed by atoms with Crippen LogP contribution in [0.1, 0.15) is 18.2 Å². The monoisotopic (exact) mass is 223 g/mol. The van der Waals surface area contributed by atoms with Crippen molar-refractivity contribution >= 4 is 11.4 Å². The van der Waals surface area contributed by atoms with Crippen molar-refractivity contribution in [3.63, 3.8) is 0 Å². The second-order valence-electron chi connectivity index (χ2n) is 3.65. The molecule has 0 bridgehead atoms. The summed E-state index contributed by atoms with van der Waals surface area (Å²) in [7, 11) is 0. The predicted octanol–water partition coefficient (Wildman–Crippen LogP) is 3.26. The van der Waals surface area contributed by atoms with Crippen molar-refractivity contribution in [2.24, 2.45) is 0 Å². The summed E-state index contributed by atoms with van der Waals surface area (Å²) in [6, 6.07) is 13.8. The average molecular weight is 223 g/mol. The van der Waals surface area contributed by atoms with Crippen LogP contribution in [0.2, 0.25) is 0 Å². The lowest BCUT2D eigenvalue weighted by Gasteiger charge is -2.11. The Morgan fingerprint density at radius 2 is 1.94 bits per heavy atom. The second-order valence-corrected chi connectivity index (χ2v) is 3.65. The van der Waals surface area contributed by atoms with Crippen LogP contribution >= 0.6 is 0 Å². The summed E-state index contributed by atoms with van der Waals surface area (Å²) in [5.41, 5.74) is 3.41. The highest BCUT2D eigenvalue weighted by Crippen LogP contribution is 2.22. The molecule has 0 radical (unpaired) electrons. The van der Waals surface area contributed by atoms with E-state index in [-0.39, 0.29) is 0 Å². The third-order valence-corrected chi connectivity index (χ3v) is 2.58. The van der Waals surface area contributed by atoms with Gasteiger partial charge in [0, 0.05) is 11.9 Å². The van der Waals surface area contributed by atoms with E-state index in [1.54, 1.807) is 6.20 Å². The molecule has 0 aliphatic heterocycles. The molecule has 1 aromatic heterocycles. The maximum Gasteiger partial charge on any atom is 0.163 e. The van der Waals surface area contributed by atoms with Crippen molar-refractivity contribution in [1.82, 2.24) is 4.98 Å². The van der Waals surface area contributed by atoms with E-state index in [0.29, 0.717) is 5.69 Å². The molecule has 1 heterocycles. The minimum Gasteiger partial charge on any atom is -0.353 e. The van der Waals surface area contributed by atoms with Crippen molar-refractivity contribution in [3.8, 4) is 6.07 Å². The van der Waals surface area contributed by atoms with Crippen LogP contribution in [-0.4, -0.2) is 4.98 Å². The second kappa shape index (κ2) is 5.13. The number of rotatable bonds is 3. The average Bonchev–Trinajstić information content (AvgIpc) is 2.40. The van der Waals surface area contributed by atoms with E-state index in [4.69, 9.17) is 5.26 Å². The largest absolute Gasteiger partial charge is 0.353 e. The Bertz CT molecular complexity index is 555. The summed E-state index contributed by atoms with van der Waals surface area (Å²) in [5, 5.41) is 12.2. The molecule has 1 aromatic carbocycles. The van der Waals surface area contributed by atoms with E-state index < -0.39 is 0 Å². The zero-order valence-electron chi connectivity index (χ0n) is 9.64. The number of nitrogens with zero attached hydrogens (tertiary/aromatic N) is 2. The zero-order chi connectivity index (χ0) is 12.1. The molecule has 2 rings (SSSR count). The molecule has 0 spiro atoms. The summed E-state index contributed by atoms with van der Waals surface area (Å²) in [5.74, 6) is 0. The van der Waals surface area contributed by atoms with Gasteiger partial charge in [-0.05, 0) is 30.2 Å². The lowest BCUT2D eigenvalue weighted by molar-refractivity contribution is 1.14. The summed E-state index contributed by atoms with van der Waals surface area (Å²) < 4.78 is 0. The number of anilines is 2. The normalized spacial score (nSPS) is 9.65. The minimum atomic E-state index is 0.415. The third-order valence-electron chi connectivity index (χ3n) is 2.58.